The Balaban J connectivity index is 1.01. The molecule has 2 aliphatic rings. The number of piperazine rings is 1. The molecular formula is C34H44N12OS. The molecule has 13 nitrogen and oxygen atoms in total. The minimum atomic E-state index is 0.0973. The summed E-state index contributed by atoms with van der Waals surface area (Å²) in [5.74, 6) is 1.95. The number of piperidine rings is 1. The first-order chi connectivity index (χ1) is 23.6. The number of azide groups is 1. The highest BCUT2D eigenvalue weighted by molar-refractivity contribution is 7.80. The molecule has 2 aliphatic heterocycles. The number of thiocarbonyl (C=S) groups is 1. The van der Waals surface area contributed by atoms with E-state index in [4.69, 9.17) is 33.3 Å². The van der Waals surface area contributed by atoms with Crippen LogP contribution in [0.3, 0.4) is 0 Å². The van der Waals surface area contributed by atoms with E-state index in [1.807, 2.05) is 59.3 Å². The van der Waals surface area contributed by atoms with Crippen molar-refractivity contribution in [3.8, 4) is 22.8 Å². The lowest BCUT2D eigenvalue weighted by molar-refractivity contribution is 0.130. The Labute approximate surface area is 286 Å². The second kappa shape index (κ2) is 16.6. The number of hydrogen-bond acceptors (Lipinski definition) is 9. The van der Waals surface area contributed by atoms with Crippen molar-refractivity contribution < 1.29 is 4.74 Å². The van der Waals surface area contributed by atoms with Crippen LogP contribution in [0.1, 0.15) is 38.1 Å². The molecule has 2 saturated heterocycles. The lowest BCUT2D eigenvalue weighted by Crippen LogP contribution is -2.48. The van der Waals surface area contributed by atoms with Gasteiger partial charge in [-0.1, -0.05) is 23.3 Å². The monoisotopic (exact) mass is 668 g/mol. The number of aromatic nitrogens is 4. The van der Waals surface area contributed by atoms with Gasteiger partial charge in [0, 0.05) is 62.8 Å². The van der Waals surface area contributed by atoms with E-state index in [9.17, 15) is 0 Å². The van der Waals surface area contributed by atoms with Crippen LogP contribution in [-0.4, -0.2) is 105 Å². The average molecular weight is 669 g/mol. The summed E-state index contributed by atoms with van der Waals surface area (Å²) in [5.41, 5.74) is 17.2. The first kappa shape index (κ1) is 33.4. The van der Waals surface area contributed by atoms with Crippen LogP contribution in [0.15, 0.2) is 66.0 Å². The van der Waals surface area contributed by atoms with Gasteiger partial charge < -0.3 is 30.5 Å². The molecule has 2 aromatic carbocycles. The number of rotatable bonds is 13. The van der Waals surface area contributed by atoms with Crippen LogP contribution in [0.2, 0.25) is 0 Å². The summed E-state index contributed by atoms with van der Waals surface area (Å²) in [4.78, 5) is 19.1. The number of likely N-dealkylation sites (tertiary alicyclic amines) is 1. The van der Waals surface area contributed by atoms with E-state index in [1.165, 1.54) is 6.33 Å². The van der Waals surface area contributed by atoms with Crippen molar-refractivity contribution in [1.29, 1.82) is 0 Å². The molecule has 0 saturated carbocycles. The first-order valence-electron chi connectivity index (χ1n) is 16.9. The topological polar surface area (TPSA) is 149 Å². The third kappa shape index (κ3) is 8.50. The van der Waals surface area contributed by atoms with Gasteiger partial charge >= 0.3 is 0 Å². The molecule has 0 radical (unpaired) electrons. The molecule has 1 atom stereocenters. The number of nitrogen functional groups attached to an aromatic ring is 1. The molecule has 2 fully saturated rings. The zero-order valence-electron chi connectivity index (χ0n) is 27.3. The predicted octanol–water partition coefficient (Wildman–Crippen LogP) is 5.48. The van der Waals surface area contributed by atoms with Crippen molar-refractivity contribution in [2.24, 2.45) is 5.11 Å². The molecule has 2 aromatic heterocycles. The van der Waals surface area contributed by atoms with E-state index in [-0.39, 0.29) is 6.04 Å². The maximum Gasteiger partial charge on any atom is 0.169 e. The average Bonchev–Trinajstić information content (AvgIpc) is 3.52. The number of hydrogen-bond donors (Lipinski definition) is 2. The zero-order chi connectivity index (χ0) is 33.1. The summed E-state index contributed by atoms with van der Waals surface area (Å²) in [6, 6.07) is 17.7. The molecule has 252 valence electrons. The number of ether oxygens (including phenoxy) is 1. The van der Waals surface area contributed by atoms with E-state index in [0.29, 0.717) is 12.4 Å². The van der Waals surface area contributed by atoms with Crippen molar-refractivity contribution in [2.75, 3.05) is 71.2 Å². The third-order valence-corrected chi connectivity index (χ3v) is 9.49. The molecule has 3 N–H and O–H groups in total. The number of benzene rings is 2. The highest BCUT2D eigenvalue weighted by Gasteiger charge is 2.28. The molecule has 0 bridgehead atoms. The fourth-order valence-corrected chi connectivity index (χ4v) is 6.77. The molecule has 0 spiro atoms. The van der Waals surface area contributed by atoms with E-state index in [2.05, 4.69) is 40.0 Å². The molecule has 48 heavy (non-hydrogen) atoms. The summed E-state index contributed by atoms with van der Waals surface area (Å²) < 4.78 is 8.01. The number of nitrogens with zero attached hydrogens (tertiary/aromatic N) is 10. The van der Waals surface area contributed by atoms with Crippen molar-refractivity contribution in [2.45, 2.75) is 38.1 Å². The number of fused-ring (bicyclic) bond motifs is 1. The number of anilines is 1. The van der Waals surface area contributed by atoms with Gasteiger partial charge in [0.2, 0.25) is 0 Å². The van der Waals surface area contributed by atoms with Crippen LogP contribution in [0.25, 0.3) is 32.7 Å². The number of nitrogens with two attached hydrogens (primary N) is 1. The molecule has 14 heteroatoms. The third-order valence-electron chi connectivity index (χ3n) is 9.09. The molecular weight excluding hydrogens is 625 g/mol. The van der Waals surface area contributed by atoms with Crippen LogP contribution in [0, 0.1) is 0 Å². The lowest BCUT2D eigenvalue weighted by atomic mass is 10.1. The van der Waals surface area contributed by atoms with Gasteiger partial charge in [-0.3, -0.25) is 0 Å². The molecule has 4 heterocycles. The lowest BCUT2D eigenvalue weighted by Gasteiger charge is -2.35. The van der Waals surface area contributed by atoms with Crippen LogP contribution >= 0.6 is 12.2 Å². The highest BCUT2D eigenvalue weighted by atomic mass is 32.1. The Morgan fingerprint density at radius 3 is 2.44 bits per heavy atom. The van der Waals surface area contributed by atoms with Crippen molar-refractivity contribution >= 4 is 34.2 Å². The van der Waals surface area contributed by atoms with Gasteiger partial charge in [0.1, 0.15) is 29.3 Å². The number of nitrogens with one attached hydrogen (secondary N) is 1. The second-order valence-electron chi connectivity index (χ2n) is 12.4. The first-order valence-corrected chi connectivity index (χ1v) is 17.3. The second-order valence-corrected chi connectivity index (χ2v) is 12.7. The minimum absolute atomic E-state index is 0.0973. The van der Waals surface area contributed by atoms with Gasteiger partial charge in [-0.2, -0.15) is 5.10 Å². The Hall–Kier alpha value is -4.49. The largest absolute Gasteiger partial charge is 0.457 e. The highest BCUT2D eigenvalue weighted by Crippen LogP contribution is 2.35. The van der Waals surface area contributed by atoms with Crippen molar-refractivity contribution in [3.05, 3.63) is 71.4 Å². The SMILES string of the molecule is [N-]=[N+]=NCCCCN1CCN(CCCNC(=S)N2CCCC(n3nc(-c4ccc(Oc5ccccc5)cc4)c4c(N)ncnc43)C2)CC1. The van der Waals surface area contributed by atoms with Crippen molar-refractivity contribution in [3.63, 3.8) is 0 Å². The van der Waals surface area contributed by atoms with Crippen LogP contribution in [0.5, 0.6) is 11.5 Å². The van der Waals surface area contributed by atoms with Crippen LogP contribution < -0.4 is 15.8 Å². The molecule has 0 aliphatic carbocycles. The molecule has 4 aromatic rings. The summed E-state index contributed by atoms with van der Waals surface area (Å²) in [5, 5.41) is 13.8. The zero-order valence-corrected chi connectivity index (χ0v) is 28.1. The standard InChI is InChI=1S/C34H44N12OS/c35-32-30-31(26-11-13-29(14-12-26)47-28-9-2-1-3-10-28)41-46(33(30)39-25-38-32)27-8-6-19-45(24-27)34(48)37-15-7-18-44-22-20-43(21-23-44)17-5-4-16-40-42-36/h1-3,9-14,25,27H,4-8,15-24H2,(H,37,48)(H2,35,38,39). The van der Waals surface area contributed by atoms with Gasteiger partial charge in [-0.25, -0.2) is 14.6 Å². The van der Waals surface area contributed by atoms with Gasteiger partial charge in [0.25, 0.3) is 0 Å². The molecule has 6 rings (SSSR count). The Morgan fingerprint density at radius 1 is 0.958 bits per heavy atom. The minimum Gasteiger partial charge on any atom is -0.457 e. The number of para-hydroxylation sites is 1. The fourth-order valence-electron chi connectivity index (χ4n) is 6.51. The van der Waals surface area contributed by atoms with Gasteiger partial charge in [0.05, 0.1) is 11.4 Å². The van der Waals surface area contributed by atoms with E-state index >= 15 is 0 Å². The maximum atomic E-state index is 8.41. The smallest absolute Gasteiger partial charge is 0.169 e. The van der Waals surface area contributed by atoms with Crippen LogP contribution in [-0.2, 0) is 0 Å². The summed E-state index contributed by atoms with van der Waals surface area (Å²) >= 11 is 5.87. The van der Waals surface area contributed by atoms with Crippen LogP contribution in [0.4, 0.5) is 5.82 Å². The Kier molecular flexibility index (Phi) is 11.5. The van der Waals surface area contributed by atoms with Gasteiger partial charge in [-0.15, -0.1) is 0 Å². The predicted molar refractivity (Wildman–Crippen MR) is 193 cm³/mol. The quantitative estimate of drug-likeness (QED) is 0.0617. The molecule has 1 unspecified atom stereocenters. The van der Waals surface area contributed by atoms with E-state index in [0.717, 1.165) is 130 Å². The van der Waals surface area contributed by atoms with Gasteiger partial charge in [-0.05, 0) is 99.3 Å². The van der Waals surface area contributed by atoms with E-state index < -0.39 is 0 Å². The van der Waals surface area contributed by atoms with E-state index in [1.54, 1.807) is 0 Å². The maximum absolute atomic E-state index is 8.41. The normalized spacial score (nSPS) is 17.2. The Bertz CT molecular complexity index is 1680. The summed E-state index contributed by atoms with van der Waals surface area (Å²) in [6.45, 7) is 9.62. The molecule has 0 amide bonds. The van der Waals surface area contributed by atoms with Crippen molar-refractivity contribution in [1.82, 2.24) is 39.8 Å². The number of unbranched alkanes of at least 4 members (excludes halogenated alkanes) is 1. The summed E-state index contributed by atoms with van der Waals surface area (Å²) in [7, 11) is 0. The Morgan fingerprint density at radius 2 is 1.69 bits per heavy atom. The fraction of sp³-hybridized carbons (Fsp3) is 0.471. The summed E-state index contributed by atoms with van der Waals surface area (Å²) in [6.07, 6.45) is 6.57. The van der Waals surface area contributed by atoms with Gasteiger partial charge in [0.15, 0.2) is 10.8 Å².